The number of thioether (sulfide) groups is 1. The number of ether oxygens (including phenoxy) is 2. The predicted molar refractivity (Wildman–Crippen MR) is 126 cm³/mol. The number of amides is 3. The number of rotatable bonds is 9. The van der Waals surface area contributed by atoms with Gasteiger partial charge in [0.25, 0.3) is 11.1 Å². The van der Waals surface area contributed by atoms with Crippen LogP contribution in [0.5, 0.6) is 11.5 Å². The Morgan fingerprint density at radius 3 is 2.59 bits per heavy atom. The van der Waals surface area contributed by atoms with Crippen molar-refractivity contribution in [2.75, 3.05) is 25.1 Å². The first kappa shape index (κ1) is 23.4. The normalized spacial score (nSPS) is 14.6. The molecule has 1 saturated heterocycles. The number of benzene rings is 2. The van der Waals surface area contributed by atoms with Crippen molar-refractivity contribution in [2.45, 2.75) is 6.92 Å². The number of anilines is 1. The van der Waals surface area contributed by atoms with Gasteiger partial charge in [0.05, 0.1) is 11.5 Å². The van der Waals surface area contributed by atoms with Crippen molar-refractivity contribution < 1.29 is 23.9 Å². The van der Waals surface area contributed by atoms with Gasteiger partial charge < -0.3 is 14.8 Å². The minimum atomic E-state index is -0.531. The molecule has 1 heterocycles. The van der Waals surface area contributed by atoms with E-state index in [1.165, 1.54) is 0 Å². The fourth-order valence-corrected chi connectivity index (χ4v) is 3.78. The largest absolute Gasteiger partial charge is 0.490 e. The van der Waals surface area contributed by atoms with E-state index in [0.29, 0.717) is 41.0 Å². The highest BCUT2D eigenvalue weighted by molar-refractivity contribution is 8.18. The lowest BCUT2D eigenvalue weighted by Gasteiger charge is -2.12. The Kier molecular flexibility index (Phi) is 7.97. The van der Waals surface area contributed by atoms with E-state index in [1.54, 1.807) is 54.6 Å². The van der Waals surface area contributed by atoms with E-state index < -0.39 is 17.1 Å². The second kappa shape index (κ2) is 10.9. The van der Waals surface area contributed by atoms with Crippen LogP contribution in [-0.4, -0.2) is 41.7 Å². The van der Waals surface area contributed by atoms with Crippen LogP contribution < -0.4 is 14.8 Å². The lowest BCUT2D eigenvalue weighted by molar-refractivity contribution is -0.127. The summed E-state index contributed by atoms with van der Waals surface area (Å²) in [6, 6.07) is 11.7. The summed E-state index contributed by atoms with van der Waals surface area (Å²) in [4.78, 5) is 38.5. The predicted octanol–water partition coefficient (Wildman–Crippen LogP) is 4.98. The number of nitrogens with zero attached hydrogens (tertiary/aromatic N) is 1. The molecule has 0 atom stereocenters. The zero-order valence-corrected chi connectivity index (χ0v) is 18.9. The number of hydrogen-bond acceptors (Lipinski definition) is 6. The van der Waals surface area contributed by atoms with Gasteiger partial charge in [0.1, 0.15) is 13.2 Å². The Balaban J connectivity index is 1.71. The number of nitrogens with one attached hydrogen (secondary N) is 1. The molecule has 2 aromatic rings. The van der Waals surface area contributed by atoms with Crippen LogP contribution in [0.25, 0.3) is 6.08 Å². The van der Waals surface area contributed by atoms with Gasteiger partial charge in [0, 0.05) is 10.7 Å². The lowest BCUT2D eigenvalue weighted by atomic mass is 10.2. The summed E-state index contributed by atoms with van der Waals surface area (Å²) in [5, 5.41) is 2.66. The summed E-state index contributed by atoms with van der Waals surface area (Å²) in [5.74, 6) is 0.0509. The molecule has 9 heteroatoms. The van der Waals surface area contributed by atoms with Crippen molar-refractivity contribution in [3.63, 3.8) is 0 Å². The van der Waals surface area contributed by atoms with Crippen LogP contribution in [-0.2, 0) is 9.59 Å². The van der Waals surface area contributed by atoms with E-state index in [-0.39, 0.29) is 11.4 Å². The molecule has 7 nitrogen and oxygen atoms in total. The molecule has 0 radical (unpaired) electrons. The Bertz CT molecular complexity index is 1070. The number of hydrogen-bond donors (Lipinski definition) is 1. The lowest BCUT2D eigenvalue weighted by Crippen LogP contribution is -2.36. The van der Waals surface area contributed by atoms with E-state index in [4.69, 9.17) is 21.1 Å². The van der Waals surface area contributed by atoms with Gasteiger partial charge in [-0.05, 0) is 66.7 Å². The molecule has 0 bridgehead atoms. The first-order valence-corrected chi connectivity index (χ1v) is 10.9. The topological polar surface area (TPSA) is 84.9 Å². The first-order valence-electron chi connectivity index (χ1n) is 9.72. The van der Waals surface area contributed by atoms with Crippen LogP contribution in [0.15, 0.2) is 60.0 Å². The van der Waals surface area contributed by atoms with Crippen molar-refractivity contribution in [1.82, 2.24) is 4.90 Å². The summed E-state index contributed by atoms with van der Waals surface area (Å²) in [6.07, 6.45) is 3.21. The fraction of sp³-hybridized carbons (Fsp3) is 0.174. The van der Waals surface area contributed by atoms with Crippen LogP contribution in [0.1, 0.15) is 12.5 Å². The van der Waals surface area contributed by atoms with E-state index >= 15 is 0 Å². The Morgan fingerprint density at radius 1 is 1.16 bits per heavy atom. The van der Waals surface area contributed by atoms with Crippen LogP contribution in [0.2, 0.25) is 5.02 Å². The van der Waals surface area contributed by atoms with Crippen molar-refractivity contribution in [2.24, 2.45) is 0 Å². The van der Waals surface area contributed by atoms with Gasteiger partial charge in [-0.3, -0.25) is 19.3 Å². The fourth-order valence-electron chi connectivity index (χ4n) is 2.82. The summed E-state index contributed by atoms with van der Waals surface area (Å²) in [5.41, 5.74) is 1.18. The van der Waals surface area contributed by atoms with Crippen LogP contribution >= 0.6 is 23.4 Å². The zero-order chi connectivity index (χ0) is 23.1. The van der Waals surface area contributed by atoms with Crippen LogP contribution in [0.3, 0.4) is 0 Å². The maximum absolute atomic E-state index is 12.7. The molecule has 0 aromatic heterocycles. The van der Waals surface area contributed by atoms with Gasteiger partial charge in [-0.2, -0.15) is 0 Å². The van der Waals surface area contributed by atoms with Crippen molar-refractivity contribution >= 4 is 52.2 Å². The van der Waals surface area contributed by atoms with Gasteiger partial charge in [0.2, 0.25) is 5.91 Å². The maximum Gasteiger partial charge on any atom is 0.294 e. The highest BCUT2D eigenvalue weighted by atomic mass is 35.5. The summed E-state index contributed by atoms with van der Waals surface area (Å²) in [6.45, 7) is 5.85. The molecule has 0 aliphatic carbocycles. The minimum Gasteiger partial charge on any atom is -0.490 e. The van der Waals surface area contributed by atoms with E-state index in [1.807, 2.05) is 6.92 Å². The average Bonchev–Trinajstić information content (AvgIpc) is 3.02. The monoisotopic (exact) mass is 472 g/mol. The second-order valence-electron chi connectivity index (χ2n) is 6.56. The standard InChI is InChI=1S/C23H21ClN2O5S/c1-3-11-31-18-10-5-15(12-19(18)30-4-2)13-20-22(28)26(23(29)32-20)14-21(27)25-17-8-6-16(24)7-9-17/h3,5-10,12-13H,1,4,11,14H2,2H3,(H,25,27)/b20-13+. The zero-order valence-electron chi connectivity index (χ0n) is 17.3. The Hall–Kier alpha value is -3.23. The van der Waals surface area contributed by atoms with Crippen molar-refractivity contribution in [3.8, 4) is 11.5 Å². The number of halogens is 1. The number of imide groups is 1. The quantitative estimate of drug-likeness (QED) is 0.409. The molecule has 3 rings (SSSR count). The summed E-state index contributed by atoms with van der Waals surface area (Å²) in [7, 11) is 0. The van der Waals surface area contributed by atoms with Crippen molar-refractivity contribution in [3.05, 3.63) is 70.6 Å². The third kappa shape index (κ3) is 5.93. The SMILES string of the molecule is C=CCOc1ccc(/C=C2/SC(=O)N(CC(=O)Nc3ccc(Cl)cc3)C2=O)cc1OCC. The molecule has 0 unspecified atom stereocenters. The molecule has 2 aromatic carbocycles. The molecular formula is C23H21ClN2O5S. The molecule has 1 aliphatic heterocycles. The van der Waals surface area contributed by atoms with E-state index in [0.717, 1.165) is 16.7 Å². The highest BCUT2D eigenvalue weighted by Gasteiger charge is 2.36. The molecule has 32 heavy (non-hydrogen) atoms. The van der Waals surface area contributed by atoms with Crippen LogP contribution in [0.4, 0.5) is 10.5 Å². The van der Waals surface area contributed by atoms with Gasteiger partial charge >= 0.3 is 0 Å². The van der Waals surface area contributed by atoms with Gasteiger partial charge in [-0.25, -0.2) is 0 Å². The molecule has 0 saturated carbocycles. The molecule has 1 N–H and O–H groups in total. The van der Waals surface area contributed by atoms with E-state index in [9.17, 15) is 14.4 Å². The molecule has 166 valence electrons. The first-order chi connectivity index (χ1) is 15.4. The summed E-state index contributed by atoms with van der Waals surface area (Å²) >= 11 is 6.61. The third-order valence-corrected chi connectivity index (χ3v) is 5.38. The second-order valence-corrected chi connectivity index (χ2v) is 7.99. The highest BCUT2D eigenvalue weighted by Crippen LogP contribution is 2.34. The molecule has 1 aliphatic rings. The number of carbonyl (C=O) groups is 3. The Labute approximate surface area is 195 Å². The third-order valence-electron chi connectivity index (χ3n) is 4.23. The molecule has 1 fully saturated rings. The van der Waals surface area contributed by atoms with Gasteiger partial charge in [-0.1, -0.05) is 30.3 Å². The number of carbonyl (C=O) groups excluding carboxylic acids is 3. The molecule has 3 amide bonds. The van der Waals surface area contributed by atoms with Gasteiger partial charge in [-0.15, -0.1) is 0 Å². The van der Waals surface area contributed by atoms with Crippen LogP contribution in [0, 0.1) is 0 Å². The molecular weight excluding hydrogens is 452 g/mol. The average molecular weight is 473 g/mol. The van der Waals surface area contributed by atoms with E-state index in [2.05, 4.69) is 11.9 Å². The minimum absolute atomic E-state index is 0.219. The van der Waals surface area contributed by atoms with Gasteiger partial charge in [0.15, 0.2) is 11.5 Å². The Morgan fingerprint density at radius 2 is 1.91 bits per heavy atom. The maximum atomic E-state index is 12.7. The smallest absolute Gasteiger partial charge is 0.294 e. The molecule has 0 spiro atoms. The summed E-state index contributed by atoms with van der Waals surface area (Å²) < 4.78 is 11.2. The van der Waals surface area contributed by atoms with Crippen molar-refractivity contribution in [1.29, 1.82) is 0 Å².